The number of anilines is 1. The largest absolute Gasteiger partial charge is 0.432 e. The third-order valence-electron chi connectivity index (χ3n) is 5.18. The van der Waals surface area contributed by atoms with Crippen molar-refractivity contribution in [3.05, 3.63) is 23.1 Å². The van der Waals surface area contributed by atoms with Crippen molar-refractivity contribution in [2.24, 2.45) is 0 Å². The van der Waals surface area contributed by atoms with Crippen LogP contribution in [0, 0.1) is 0 Å². The minimum absolute atomic E-state index is 0.0437. The van der Waals surface area contributed by atoms with Crippen LogP contribution in [0.25, 0.3) is 22.2 Å². The average molecular weight is 370 g/mol. The van der Waals surface area contributed by atoms with Crippen LogP contribution in [-0.4, -0.2) is 45.9 Å². The molecule has 0 amide bonds. The van der Waals surface area contributed by atoms with Gasteiger partial charge in [0.25, 0.3) is 0 Å². The van der Waals surface area contributed by atoms with Crippen LogP contribution in [0.4, 0.5) is 5.82 Å². The fraction of sp³-hybridized carbons (Fsp3) is 0.550. The van der Waals surface area contributed by atoms with Crippen molar-refractivity contribution in [1.29, 1.82) is 0 Å². The van der Waals surface area contributed by atoms with Crippen LogP contribution in [0.15, 0.2) is 10.7 Å². The van der Waals surface area contributed by atoms with Crippen molar-refractivity contribution >= 4 is 28.0 Å². The van der Waals surface area contributed by atoms with Gasteiger partial charge in [0.2, 0.25) is 5.71 Å². The van der Waals surface area contributed by atoms with Gasteiger partial charge in [-0.15, -0.1) is 0 Å². The molecule has 0 aromatic carbocycles. The second kappa shape index (κ2) is 6.73. The summed E-state index contributed by atoms with van der Waals surface area (Å²) in [6.07, 6.45) is 4.25. The predicted octanol–water partition coefficient (Wildman–Crippen LogP) is 3.00. The summed E-state index contributed by atoms with van der Waals surface area (Å²) in [5.74, 6) is 0.671. The number of likely N-dealkylation sites (N-methyl/N-ethyl adjacent to an activating group) is 1. The maximum absolute atomic E-state index is 9.28. The maximum atomic E-state index is 9.28. The molecule has 0 radical (unpaired) electrons. The summed E-state index contributed by atoms with van der Waals surface area (Å²) in [5, 5.41) is 10.2. The number of pyridine rings is 1. The molecule has 3 aromatic heterocycles. The summed E-state index contributed by atoms with van der Waals surface area (Å²) in [6.45, 7) is 7.45. The quantitative estimate of drug-likeness (QED) is 0.739. The van der Waals surface area contributed by atoms with Crippen LogP contribution in [0.3, 0.4) is 0 Å². The van der Waals surface area contributed by atoms with Crippen molar-refractivity contribution < 1.29 is 14.3 Å². The second-order valence-corrected chi connectivity index (χ2v) is 7.79. The predicted molar refractivity (Wildman–Crippen MR) is 104 cm³/mol. The standard InChI is InChI=1S/C20H26N4O3/c1-5-6-14-13-10-26-20(2,3)9-12(13)15-16-17(27-19(15)23-14)18(22-11-21-16)24(4)7-8-25/h11,25H,5-10H2,1-4H3. The highest BCUT2D eigenvalue weighted by Gasteiger charge is 2.32. The lowest BCUT2D eigenvalue weighted by atomic mass is 9.88. The number of aliphatic hydroxyl groups is 1. The summed E-state index contributed by atoms with van der Waals surface area (Å²) >= 11 is 0. The van der Waals surface area contributed by atoms with Gasteiger partial charge in [0, 0.05) is 25.6 Å². The number of aliphatic hydroxyl groups excluding tert-OH is 1. The molecule has 0 saturated carbocycles. The molecule has 0 unspecified atom stereocenters. The molecule has 0 saturated heterocycles. The summed E-state index contributed by atoms with van der Waals surface area (Å²) < 4.78 is 12.2. The van der Waals surface area contributed by atoms with E-state index in [9.17, 15) is 5.11 Å². The Labute approximate surface area is 158 Å². The molecule has 1 N–H and O–H groups in total. The molecule has 27 heavy (non-hydrogen) atoms. The highest BCUT2D eigenvalue weighted by molar-refractivity contribution is 6.06. The Hall–Kier alpha value is -2.25. The zero-order valence-corrected chi connectivity index (χ0v) is 16.4. The second-order valence-electron chi connectivity index (χ2n) is 7.79. The summed E-state index contributed by atoms with van der Waals surface area (Å²) in [6, 6.07) is 0. The summed E-state index contributed by atoms with van der Waals surface area (Å²) in [7, 11) is 1.88. The molecule has 0 atom stereocenters. The number of fused-ring (bicyclic) bond motifs is 5. The Balaban J connectivity index is 2.02. The average Bonchev–Trinajstić information content (AvgIpc) is 2.99. The molecular weight excluding hydrogens is 344 g/mol. The number of aryl methyl sites for hydroxylation is 1. The number of hydrogen-bond donors (Lipinski definition) is 1. The normalized spacial score (nSPS) is 16.0. The van der Waals surface area contributed by atoms with Crippen LogP contribution in [-0.2, 0) is 24.2 Å². The number of ether oxygens (including phenoxy) is 1. The van der Waals surface area contributed by atoms with E-state index in [0.29, 0.717) is 30.3 Å². The number of rotatable bonds is 5. The first-order valence-electron chi connectivity index (χ1n) is 9.49. The van der Waals surface area contributed by atoms with Gasteiger partial charge in [-0.25, -0.2) is 15.0 Å². The van der Waals surface area contributed by atoms with Crippen molar-refractivity contribution in [1.82, 2.24) is 15.0 Å². The van der Waals surface area contributed by atoms with E-state index < -0.39 is 0 Å². The Morgan fingerprint density at radius 1 is 1.26 bits per heavy atom. The van der Waals surface area contributed by atoms with Crippen LogP contribution in [0.2, 0.25) is 0 Å². The zero-order valence-electron chi connectivity index (χ0n) is 16.4. The van der Waals surface area contributed by atoms with Gasteiger partial charge in [-0.05, 0) is 25.8 Å². The first-order chi connectivity index (χ1) is 12.9. The van der Waals surface area contributed by atoms with Gasteiger partial charge >= 0.3 is 0 Å². The zero-order chi connectivity index (χ0) is 19.2. The lowest BCUT2D eigenvalue weighted by Gasteiger charge is -2.33. The Bertz CT molecular complexity index is 996. The van der Waals surface area contributed by atoms with Gasteiger partial charge in [-0.1, -0.05) is 13.3 Å². The van der Waals surface area contributed by atoms with E-state index in [4.69, 9.17) is 14.1 Å². The van der Waals surface area contributed by atoms with Gasteiger partial charge in [-0.2, -0.15) is 0 Å². The molecule has 1 aliphatic rings. The van der Waals surface area contributed by atoms with Gasteiger partial charge < -0.3 is 19.2 Å². The number of aromatic nitrogens is 3. The smallest absolute Gasteiger partial charge is 0.229 e. The van der Waals surface area contributed by atoms with Gasteiger partial charge in [0.15, 0.2) is 11.4 Å². The van der Waals surface area contributed by atoms with E-state index in [1.54, 1.807) is 6.33 Å². The minimum atomic E-state index is -0.238. The Morgan fingerprint density at radius 2 is 2.07 bits per heavy atom. The third kappa shape index (κ3) is 3.04. The van der Waals surface area contributed by atoms with Crippen LogP contribution < -0.4 is 4.90 Å². The fourth-order valence-corrected chi connectivity index (χ4v) is 3.83. The van der Waals surface area contributed by atoms with Crippen LogP contribution >= 0.6 is 0 Å². The van der Waals surface area contributed by atoms with E-state index >= 15 is 0 Å². The summed E-state index contributed by atoms with van der Waals surface area (Å²) in [5.41, 5.74) is 5.23. The highest BCUT2D eigenvalue weighted by Crippen LogP contribution is 2.39. The molecule has 4 heterocycles. The van der Waals surface area contributed by atoms with Crippen molar-refractivity contribution in [2.75, 3.05) is 25.1 Å². The first kappa shape index (κ1) is 18.1. The first-order valence-corrected chi connectivity index (χ1v) is 9.49. The number of hydrogen-bond acceptors (Lipinski definition) is 7. The van der Waals surface area contributed by atoms with E-state index in [1.165, 1.54) is 11.1 Å². The molecule has 0 aliphatic carbocycles. The molecule has 7 nitrogen and oxygen atoms in total. The van der Waals surface area contributed by atoms with Crippen molar-refractivity contribution in [3.8, 4) is 0 Å². The van der Waals surface area contributed by atoms with Gasteiger partial charge in [0.05, 0.1) is 29.9 Å². The van der Waals surface area contributed by atoms with Gasteiger partial charge in [-0.3, -0.25) is 0 Å². The number of nitrogens with zero attached hydrogens (tertiary/aromatic N) is 4. The van der Waals surface area contributed by atoms with Crippen molar-refractivity contribution in [3.63, 3.8) is 0 Å². The minimum Gasteiger partial charge on any atom is -0.432 e. The highest BCUT2D eigenvalue weighted by atomic mass is 16.5. The molecule has 144 valence electrons. The fourth-order valence-electron chi connectivity index (χ4n) is 3.83. The van der Waals surface area contributed by atoms with Gasteiger partial charge in [0.1, 0.15) is 11.8 Å². The lowest BCUT2D eigenvalue weighted by Crippen LogP contribution is -2.32. The molecular formula is C20H26N4O3. The molecule has 7 heteroatoms. The Morgan fingerprint density at radius 3 is 2.81 bits per heavy atom. The lowest BCUT2D eigenvalue weighted by molar-refractivity contribution is -0.0401. The molecule has 0 fully saturated rings. The van der Waals surface area contributed by atoms with E-state index in [-0.39, 0.29) is 12.2 Å². The van der Waals surface area contributed by atoms with Crippen molar-refractivity contribution in [2.45, 2.75) is 52.2 Å². The molecule has 1 aliphatic heterocycles. The molecule has 0 spiro atoms. The molecule has 4 rings (SSSR count). The maximum Gasteiger partial charge on any atom is 0.229 e. The molecule has 3 aromatic rings. The van der Waals surface area contributed by atoms with E-state index in [0.717, 1.165) is 35.9 Å². The monoisotopic (exact) mass is 370 g/mol. The molecule has 0 bridgehead atoms. The van der Waals surface area contributed by atoms with E-state index in [2.05, 4.69) is 30.7 Å². The topological polar surface area (TPSA) is 84.5 Å². The number of furan rings is 1. The van der Waals surface area contributed by atoms with Crippen LogP contribution in [0.5, 0.6) is 0 Å². The van der Waals surface area contributed by atoms with Crippen LogP contribution in [0.1, 0.15) is 44.0 Å². The Kier molecular flexibility index (Phi) is 4.52. The SMILES string of the molecule is CCCc1nc2oc3c(N(C)CCO)ncnc3c2c2c1COC(C)(C)C2. The third-order valence-corrected chi connectivity index (χ3v) is 5.18. The van der Waals surface area contributed by atoms with E-state index in [1.807, 2.05) is 11.9 Å². The summed E-state index contributed by atoms with van der Waals surface area (Å²) in [4.78, 5) is 15.6.